The lowest BCUT2D eigenvalue weighted by Gasteiger charge is -2.36. The van der Waals surface area contributed by atoms with E-state index in [1.165, 1.54) is 11.1 Å². The fourth-order valence-electron chi connectivity index (χ4n) is 2.31. The molecule has 0 radical (unpaired) electrons. The summed E-state index contributed by atoms with van der Waals surface area (Å²) in [6.07, 6.45) is 2.06. The van der Waals surface area contributed by atoms with E-state index >= 15 is 0 Å². The van der Waals surface area contributed by atoms with Crippen LogP contribution in [0.15, 0.2) is 16.1 Å². The van der Waals surface area contributed by atoms with Crippen LogP contribution in [-0.4, -0.2) is 35.8 Å². The van der Waals surface area contributed by atoms with Gasteiger partial charge in [-0.25, -0.2) is 0 Å². The molecule has 0 saturated carbocycles. The minimum atomic E-state index is 0.275. The van der Waals surface area contributed by atoms with Gasteiger partial charge in [0.1, 0.15) is 0 Å². The highest BCUT2D eigenvalue weighted by Crippen LogP contribution is 2.32. The second-order valence-electron chi connectivity index (χ2n) is 5.00. The smallest absolute Gasteiger partial charge is 0.0619 e. The lowest BCUT2D eigenvalue weighted by atomic mass is 10.0. The van der Waals surface area contributed by atoms with Crippen LogP contribution in [0.25, 0.3) is 0 Å². The summed E-state index contributed by atoms with van der Waals surface area (Å²) < 4.78 is 0. The highest BCUT2D eigenvalue weighted by atomic mass is 15.2. The van der Waals surface area contributed by atoms with Crippen LogP contribution >= 0.6 is 0 Å². The van der Waals surface area contributed by atoms with E-state index in [1.54, 1.807) is 0 Å². The Kier molecular flexibility index (Phi) is 1.84. The zero-order valence-corrected chi connectivity index (χ0v) is 8.96. The first-order valence-corrected chi connectivity index (χ1v) is 4.98. The normalized spacial score (nSPS) is 28.8. The van der Waals surface area contributed by atoms with Crippen LogP contribution in [0.1, 0.15) is 27.7 Å². The number of hydrogen-bond donors (Lipinski definition) is 0. The molecule has 0 bridgehead atoms. The molecule has 0 aromatic carbocycles. The Balaban J connectivity index is 2.21. The van der Waals surface area contributed by atoms with Gasteiger partial charge in [0, 0.05) is 24.3 Å². The van der Waals surface area contributed by atoms with Gasteiger partial charge in [0.25, 0.3) is 0 Å². The first-order chi connectivity index (χ1) is 6.00. The van der Waals surface area contributed by atoms with Crippen LogP contribution < -0.4 is 0 Å². The molecule has 1 atom stereocenters. The van der Waals surface area contributed by atoms with Crippen molar-refractivity contribution in [2.75, 3.05) is 13.1 Å². The summed E-state index contributed by atoms with van der Waals surface area (Å²) >= 11 is 0. The lowest BCUT2D eigenvalue weighted by Crippen LogP contribution is -2.45. The molecule has 2 heterocycles. The average molecular weight is 178 g/mol. The number of rotatable bonds is 0. The quantitative estimate of drug-likeness (QED) is 0.553. The van der Waals surface area contributed by atoms with Crippen molar-refractivity contribution >= 4 is 6.21 Å². The van der Waals surface area contributed by atoms with Crippen LogP contribution in [0, 0.1) is 0 Å². The fourth-order valence-corrected chi connectivity index (χ4v) is 2.31. The highest BCUT2D eigenvalue weighted by Gasteiger charge is 2.36. The topological polar surface area (TPSA) is 15.6 Å². The maximum absolute atomic E-state index is 4.31. The predicted molar refractivity (Wildman–Crippen MR) is 56.3 cm³/mol. The Labute approximate surface area is 80.3 Å². The van der Waals surface area contributed by atoms with Crippen LogP contribution in [-0.2, 0) is 0 Å². The number of hydrogen-bond acceptors (Lipinski definition) is 2. The summed E-state index contributed by atoms with van der Waals surface area (Å²) in [4.78, 5) is 6.85. The van der Waals surface area contributed by atoms with Crippen molar-refractivity contribution in [3.8, 4) is 0 Å². The molecule has 0 aromatic rings. The van der Waals surface area contributed by atoms with Crippen LogP contribution in [0.5, 0.6) is 0 Å². The molecule has 0 amide bonds. The third-order valence-corrected chi connectivity index (χ3v) is 3.06. The zero-order valence-electron chi connectivity index (χ0n) is 8.96. The molecule has 2 heteroatoms. The van der Waals surface area contributed by atoms with E-state index in [0.29, 0.717) is 6.04 Å². The largest absolute Gasteiger partial charge is 0.288 e. The minimum absolute atomic E-state index is 0.275. The number of nitrogens with zero attached hydrogens (tertiary/aromatic N) is 2. The Morgan fingerprint density at radius 2 is 2.15 bits per heavy atom. The van der Waals surface area contributed by atoms with E-state index in [4.69, 9.17) is 0 Å². The van der Waals surface area contributed by atoms with Gasteiger partial charge >= 0.3 is 0 Å². The molecule has 0 N–H and O–H groups in total. The summed E-state index contributed by atoms with van der Waals surface area (Å²) in [7, 11) is 0. The second kappa shape index (κ2) is 2.68. The van der Waals surface area contributed by atoms with Gasteiger partial charge in [-0.15, -0.1) is 0 Å². The van der Waals surface area contributed by atoms with E-state index in [2.05, 4.69) is 43.8 Å². The standard InChI is InChI=1S/C11H18N2/c1-8-10-6-12-5-9(10)7-13(8)11(2,3)4/h6,8H,5,7H2,1-4H3. The first kappa shape index (κ1) is 8.95. The van der Waals surface area contributed by atoms with Crippen molar-refractivity contribution in [1.82, 2.24) is 4.90 Å². The van der Waals surface area contributed by atoms with Gasteiger partial charge < -0.3 is 0 Å². The molecule has 2 aliphatic heterocycles. The van der Waals surface area contributed by atoms with Crippen molar-refractivity contribution in [1.29, 1.82) is 0 Å². The minimum Gasteiger partial charge on any atom is -0.288 e. The molecule has 13 heavy (non-hydrogen) atoms. The van der Waals surface area contributed by atoms with Crippen molar-refractivity contribution in [2.45, 2.75) is 39.3 Å². The molecule has 72 valence electrons. The van der Waals surface area contributed by atoms with Crippen molar-refractivity contribution in [2.24, 2.45) is 4.99 Å². The van der Waals surface area contributed by atoms with Crippen molar-refractivity contribution < 1.29 is 0 Å². The van der Waals surface area contributed by atoms with Crippen LogP contribution in [0.4, 0.5) is 0 Å². The third-order valence-electron chi connectivity index (χ3n) is 3.06. The summed E-state index contributed by atoms with van der Waals surface area (Å²) in [5.41, 5.74) is 3.27. The van der Waals surface area contributed by atoms with E-state index in [1.807, 2.05) is 0 Å². The molecular weight excluding hydrogens is 160 g/mol. The molecule has 0 aromatic heterocycles. The monoisotopic (exact) mass is 178 g/mol. The Morgan fingerprint density at radius 3 is 2.69 bits per heavy atom. The molecule has 2 rings (SSSR count). The van der Waals surface area contributed by atoms with Crippen molar-refractivity contribution in [3.63, 3.8) is 0 Å². The number of aliphatic imine (C=N–C) groups is 1. The van der Waals surface area contributed by atoms with Gasteiger partial charge in [0.2, 0.25) is 0 Å². The van der Waals surface area contributed by atoms with E-state index < -0.39 is 0 Å². The molecule has 2 nitrogen and oxygen atoms in total. The van der Waals surface area contributed by atoms with Gasteiger partial charge in [0.05, 0.1) is 6.54 Å². The molecule has 2 aliphatic rings. The fraction of sp³-hybridized carbons (Fsp3) is 0.727. The second-order valence-corrected chi connectivity index (χ2v) is 5.00. The van der Waals surface area contributed by atoms with Crippen LogP contribution in [0.3, 0.4) is 0 Å². The van der Waals surface area contributed by atoms with E-state index in [0.717, 1.165) is 13.1 Å². The molecule has 1 unspecified atom stereocenters. The van der Waals surface area contributed by atoms with Gasteiger partial charge in [-0.1, -0.05) is 0 Å². The summed E-state index contributed by atoms with van der Waals surface area (Å²) in [6.45, 7) is 11.2. The van der Waals surface area contributed by atoms with Gasteiger partial charge in [-0.2, -0.15) is 0 Å². The average Bonchev–Trinajstić information content (AvgIpc) is 2.51. The van der Waals surface area contributed by atoms with Gasteiger partial charge in [-0.05, 0) is 38.8 Å². The third kappa shape index (κ3) is 1.33. The van der Waals surface area contributed by atoms with Crippen LogP contribution in [0.2, 0.25) is 0 Å². The summed E-state index contributed by atoms with van der Waals surface area (Å²) in [5, 5.41) is 0. The van der Waals surface area contributed by atoms with Crippen molar-refractivity contribution in [3.05, 3.63) is 11.1 Å². The molecule has 0 aliphatic carbocycles. The Hall–Kier alpha value is -0.630. The maximum Gasteiger partial charge on any atom is 0.0619 e. The highest BCUT2D eigenvalue weighted by molar-refractivity contribution is 5.85. The SMILES string of the molecule is CC1C2=C(CN=C2)CN1C(C)(C)C. The summed E-state index contributed by atoms with van der Waals surface area (Å²) in [6, 6.07) is 0.557. The molecule has 0 fully saturated rings. The maximum atomic E-state index is 4.31. The Morgan fingerprint density at radius 1 is 1.46 bits per heavy atom. The Bertz CT molecular complexity index is 281. The van der Waals surface area contributed by atoms with Gasteiger partial charge in [-0.3, -0.25) is 9.89 Å². The molecule has 0 spiro atoms. The zero-order chi connectivity index (χ0) is 9.64. The lowest BCUT2D eigenvalue weighted by molar-refractivity contribution is 0.137. The van der Waals surface area contributed by atoms with E-state index in [-0.39, 0.29) is 5.54 Å². The summed E-state index contributed by atoms with van der Waals surface area (Å²) in [5.74, 6) is 0. The first-order valence-electron chi connectivity index (χ1n) is 4.98. The molecule has 0 saturated heterocycles. The predicted octanol–water partition coefficient (Wildman–Crippen LogP) is 1.87. The van der Waals surface area contributed by atoms with E-state index in [9.17, 15) is 0 Å². The van der Waals surface area contributed by atoms with Gasteiger partial charge in [0.15, 0.2) is 0 Å². The molecular formula is C11H18N2.